The van der Waals surface area contributed by atoms with E-state index in [-0.39, 0.29) is 5.97 Å². The van der Waals surface area contributed by atoms with Crippen LogP contribution >= 0.6 is 0 Å². The van der Waals surface area contributed by atoms with Gasteiger partial charge in [-0.05, 0) is 33.6 Å². The minimum absolute atomic E-state index is 0.257. The fraction of sp³-hybridized carbons (Fsp3) is 0.700. The van der Waals surface area contributed by atoms with Crippen LogP contribution in [-0.4, -0.2) is 18.2 Å². The lowest BCUT2D eigenvalue weighted by atomic mass is 10.1. The van der Waals surface area contributed by atoms with Crippen molar-refractivity contribution in [1.82, 2.24) is 0 Å². The first-order valence-corrected chi connectivity index (χ1v) is 4.53. The van der Waals surface area contributed by atoms with Crippen LogP contribution in [0, 0.1) is 0 Å². The molecule has 0 radical (unpaired) electrons. The first kappa shape index (κ1) is 10.1. The summed E-state index contributed by atoms with van der Waals surface area (Å²) in [6.07, 6.45) is 3.16. The molecule has 0 atom stereocenters. The lowest BCUT2D eigenvalue weighted by Crippen LogP contribution is -2.25. The first-order valence-electron chi connectivity index (χ1n) is 4.53. The Morgan fingerprint density at radius 3 is 2.69 bits per heavy atom. The highest BCUT2D eigenvalue weighted by molar-refractivity contribution is 5.88. The second-order valence-electron chi connectivity index (χ2n) is 4.12. The molecule has 0 spiro atoms. The van der Waals surface area contributed by atoms with Crippen molar-refractivity contribution in [3.63, 3.8) is 0 Å². The van der Waals surface area contributed by atoms with Gasteiger partial charge in [0.2, 0.25) is 0 Å². The Hall–Kier alpha value is -0.990. The third-order valence-corrected chi connectivity index (χ3v) is 1.59. The van der Waals surface area contributed by atoms with Gasteiger partial charge in [0.05, 0.1) is 18.4 Å². The molecule has 0 aromatic rings. The maximum Gasteiger partial charge on any atom is 0.337 e. The zero-order chi connectivity index (χ0) is 9.90. The molecule has 0 unspecified atom stereocenters. The molecule has 0 aromatic heterocycles. The van der Waals surface area contributed by atoms with Gasteiger partial charge in [0.1, 0.15) is 5.60 Å². The second-order valence-corrected chi connectivity index (χ2v) is 4.12. The third kappa shape index (κ3) is 3.49. The van der Waals surface area contributed by atoms with E-state index in [1.165, 1.54) is 6.26 Å². The van der Waals surface area contributed by atoms with Crippen molar-refractivity contribution in [1.29, 1.82) is 0 Å². The van der Waals surface area contributed by atoms with Crippen LogP contribution in [0.1, 0.15) is 33.6 Å². The Morgan fingerprint density at radius 2 is 2.23 bits per heavy atom. The van der Waals surface area contributed by atoms with E-state index in [0.29, 0.717) is 12.2 Å². The number of carbonyl (C=O) groups is 1. The fourth-order valence-electron chi connectivity index (χ4n) is 1.06. The molecular weight excluding hydrogens is 168 g/mol. The van der Waals surface area contributed by atoms with Gasteiger partial charge >= 0.3 is 5.97 Å². The summed E-state index contributed by atoms with van der Waals surface area (Å²) in [4.78, 5) is 11.4. The molecule has 13 heavy (non-hydrogen) atoms. The van der Waals surface area contributed by atoms with Gasteiger partial charge in [0, 0.05) is 0 Å². The van der Waals surface area contributed by atoms with Crippen LogP contribution < -0.4 is 0 Å². The van der Waals surface area contributed by atoms with Gasteiger partial charge in [-0.2, -0.15) is 0 Å². The second kappa shape index (κ2) is 3.81. The van der Waals surface area contributed by atoms with Crippen molar-refractivity contribution in [2.45, 2.75) is 39.2 Å². The van der Waals surface area contributed by atoms with Crippen molar-refractivity contribution in [2.75, 3.05) is 6.61 Å². The number of hydrogen-bond donors (Lipinski definition) is 0. The van der Waals surface area contributed by atoms with Gasteiger partial charge in [0.25, 0.3) is 0 Å². The van der Waals surface area contributed by atoms with Crippen molar-refractivity contribution >= 4 is 5.97 Å². The predicted octanol–water partition coefficient (Wildman–Crippen LogP) is 2.02. The first-order chi connectivity index (χ1) is 5.99. The molecule has 0 aromatic carbocycles. The molecule has 3 heteroatoms. The molecule has 0 fully saturated rings. The quantitative estimate of drug-likeness (QED) is 0.585. The SMILES string of the molecule is CC(C)(C)OC(=O)C1=COCCC1. The molecular formula is C10H16O3. The Labute approximate surface area is 78.7 Å². The molecule has 0 aliphatic carbocycles. The number of rotatable bonds is 1. The highest BCUT2D eigenvalue weighted by Crippen LogP contribution is 2.17. The van der Waals surface area contributed by atoms with Gasteiger partial charge in [-0.3, -0.25) is 0 Å². The molecule has 1 aliphatic rings. The number of hydrogen-bond acceptors (Lipinski definition) is 3. The molecule has 1 heterocycles. The summed E-state index contributed by atoms with van der Waals surface area (Å²) in [5.41, 5.74) is 0.219. The smallest absolute Gasteiger partial charge is 0.337 e. The molecule has 0 saturated heterocycles. The summed E-state index contributed by atoms with van der Waals surface area (Å²) >= 11 is 0. The van der Waals surface area contributed by atoms with Gasteiger partial charge in [-0.1, -0.05) is 0 Å². The molecule has 0 amide bonds. The normalized spacial score (nSPS) is 17.3. The van der Waals surface area contributed by atoms with E-state index in [0.717, 1.165) is 12.8 Å². The standard InChI is InChI=1S/C10H16O3/c1-10(2,3)13-9(11)8-5-4-6-12-7-8/h7H,4-6H2,1-3H3. The summed E-state index contributed by atoms with van der Waals surface area (Å²) in [6.45, 7) is 6.27. The van der Waals surface area contributed by atoms with Crippen LogP contribution in [-0.2, 0) is 14.3 Å². The van der Waals surface area contributed by atoms with Crippen molar-refractivity contribution in [3.8, 4) is 0 Å². The van der Waals surface area contributed by atoms with Crippen LogP contribution in [0.25, 0.3) is 0 Å². The zero-order valence-electron chi connectivity index (χ0n) is 8.42. The molecule has 0 N–H and O–H groups in total. The van der Waals surface area contributed by atoms with Gasteiger partial charge < -0.3 is 9.47 Å². The molecule has 0 saturated carbocycles. The van der Waals surface area contributed by atoms with E-state index in [1.54, 1.807) is 0 Å². The summed E-state index contributed by atoms with van der Waals surface area (Å²) in [6, 6.07) is 0. The Balaban J connectivity index is 2.52. The highest BCUT2D eigenvalue weighted by atomic mass is 16.6. The maximum atomic E-state index is 11.4. The summed E-state index contributed by atoms with van der Waals surface area (Å²) in [5.74, 6) is -0.257. The summed E-state index contributed by atoms with van der Waals surface area (Å²) in [5, 5.41) is 0. The van der Waals surface area contributed by atoms with Gasteiger partial charge in [0.15, 0.2) is 0 Å². The largest absolute Gasteiger partial charge is 0.501 e. The molecule has 0 bridgehead atoms. The van der Waals surface area contributed by atoms with E-state index in [2.05, 4.69) is 0 Å². The van der Waals surface area contributed by atoms with Crippen LogP contribution in [0.15, 0.2) is 11.8 Å². The van der Waals surface area contributed by atoms with Crippen LogP contribution in [0.3, 0.4) is 0 Å². The van der Waals surface area contributed by atoms with Crippen molar-refractivity contribution < 1.29 is 14.3 Å². The summed E-state index contributed by atoms with van der Waals surface area (Å²) < 4.78 is 10.2. The van der Waals surface area contributed by atoms with E-state index in [9.17, 15) is 4.79 Å². The molecule has 3 nitrogen and oxygen atoms in total. The minimum atomic E-state index is -0.421. The highest BCUT2D eigenvalue weighted by Gasteiger charge is 2.21. The minimum Gasteiger partial charge on any atom is -0.501 e. The van der Waals surface area contributed by atoms with Crippen molar-refractivity contribution in [3.05, 3.63) is 11.8 Å². The van der Waals surface area contributed by atoms with Crippen LogP contribution in [0.5, 0.6) is 0 Å². The topological polar surface area (TPSA) is 35.5 Å². The van der Waals surface area contributed by atoms with E-state index in [4.69, 9.17) is 9.47 Å². The van der Waals surface area contributed by atoms with Gasteiger partial charge in [-0.25, -0.2) is 4.79 Å². The van der Waals surface area contributed by atoms with Gasteiger partial charge in [-0.15, -0.1) is 0 Å². The number of esters is 1. The predicted molar refractivity (Wildman–Crippen MR) is 49.1 cm³/mol. The van der Waals surface area contributed by atoms with Crippen LogP contribution in [0.4, 0.5) is 0 Å². The van der Waals surface area contributed by atoms with Crippen LogP contribution in [0.2, 0.25) is 0 Å². The molecule has 1 rings (SSSR count). The number of ether oxygens (including phenoxy) is 2. The fourth-order valence-corrected chi connectivity index (χ4v) is 1.06. The summed E-state index contributed by atoms with van der Waals surface area (Å²) in [7, 11) is 0. The average Bonchev–Trinajstić information content (AvgIpc) is 2.03. The molecule has 1 aliphatic heterocycles. The lowest BCUT2D eigenvalue weighted by Gasteiger charge is -2.21. The average molecular weight is 184 g/mol. The van der Waals surface area contributed by atoms with E-state index < -0.39 is 5.60 Å². The third-order valence-electron chi connectivity index (χ3n) is 1.59. The number of carbonyl (C=O) groups excluding carboxylic acids is 1. The Bertz CT molecular complexity index is 223. The Kier molecular flexibility index (Phi) is 2.96. The lowest BCUT2D eigenvalue weighted by molar-refractivity contribution is -0.150. The van der Waals surface area contributed by atoms with E-state index in [1.807, 2.05) is 20.8 Å². The molecule has 74 valence electrons. The zero-order valence-corrected chi connectivity index (χ0v) is 8.42. The maximum absolute atomic E-state index is 11.4. The Morgan fingerprint density at radius 1 is 1.54 bits per heavy atom. The van der Waals surface area contributed by atoms with Crippen molar-refractivity contribution in [2.24, 2.45) is 0 Å². The monoisotopic (exact) mass is 184 g/mol. The van der Waals surface area contributed by atoms with E-state index >= 15 is 0 Å².